The number of guanidine groups is 1. The van der Waals surface area contributed by atoms with E-state index in [1.54, 1.807) is 16.7 Å². The molecule has 1 saturated carbocycles. The lowest BCUT2D eigenvalue weighted by molar-refractivity contribution is 0.299. The minimum atomic E-state index is 0.0302. The minimum absolute atomic E-state index is 0.0302. The molecule has 1 aromatic carbocycles. The molecule has 154 valence electrons. The number of aliphatic imine (C=N–C) groups is 1. The molecule has 1 N–H and O–H groups in total. The lowest BCUT2D eigenvalue weighted by Gasteiger charge is -2.22. The zero-order valence-corrected chi connectivity index (χ0v) is 17.4. The van der Waals surface area contributed by atoms with Gasteiger partial charge in [0, 0.05) is 31.9 Å². The third-order valence-electron chi connectivity index (χ3n) is 6.30. The lowest BCUT2D eigenvalue weighted by Crippen LogP contribution is -2.40. The molecular weight excluding hydrogens is 360 g/mol. The number of pyridine rings is 1. The van der Waals surface area contributed by atoms with Crippen LogP contribution >= 0.6 is 0 Å². The van der Waals surface area contributed by atoms with Crippen molar-refractivity contribution in [1.82, 2.24) is 14.8 Å². The highest BCUT2D eigenvalue weighted by Gasteiger charge is 2.35. The summed E-state index contributed by atoms with van der Waals surface area (Å²) in [7, 11) is 0. The summed E-state index contributed by atoms with van der Waals surface area (Å²) in [5.74, 6) is 2.77. The predicted molar refractivity (Wildman–Crippen MR) is 118 cm³/mol. The number of benzene rings is 1. The normalized spacial score (nSPS) is 21.8. The number of nitrogens with one attached hydrogen (secondary N) is 1. The highest BCUT2D eigenvalue weighted by Crippen LogP contribution is 2.35. The Hall–Kier alpha value is -2.56. The van der Waals surface area contributed by atoms with E-state index < -0.39 is 0 Å². The molecular formula is C24H32N4O. The van der Waals surface area contributed by atoms with Crippen LogP contribution in [-0.2, 0) is 13.1 Å². The number of aromatic nitrogens is 1. The van der Waals surface area contributed by atoms with Gasteiger partial charge in [0.25, 0.3) is 5.56 Å². The summed E-state index contributed by atoms with van der Waals surface area (Å²) in [6.07, 6.45) is 7.38. The standard InChI is InChI=1S/C24H32N4O/c1-2-25-24(28-17-21-7-3-4-8-22(21)18-28)26-15-19-10-12-20(13-11-19)16-27-14-6-5-9-23(27)29/h5-6,9-14,21-22H,2-4,7-8,15-18H2,1H3,(H,25,26). The molecule has 1 saturated heterocycles. The van der Waals surface area contributed by atoms with Gasteiger partial charge in [0.2, 0.25) is 0 Å². The Kier molecular flexibility index (Phi) is 6.33. The number of fused-ring (bicyclic) bond motifs is 1. The fraction of sp³-hybridized carbons (Fsp3) is 0.500. The number of hydrogen-bond donors (Lipinski definition) is 1. The van der Waals surface area contributed by atoms with Crippen molar-refractivity contribution in [2.75, 3.05) is 19.6 Å². The van der Waals surface area contributed by atoms with E-state index in [-0.39, 0.29) is 5.56 Å². The van der Waals surface area contributed by atoms with Crippen molar-refractivity contribution in [2.45, 2.75) is 45.7 Å². The second kappa shape index (κ2) is 9.29. The van der Waals surface area contributed by atoms with Crippen molar-refractivity contribution < 1.29 is 0 Å². The van der Waals surface area contributed by atoms with Gasteiger partial charge >= 0.3 is 0 Å². The molecule has 4 rings (SSSR count). The van der Waals surface area contributed by atoms with Gasteiger partial charge in [-0.3, -0.25) is 4.79 Å². The molecule has 5 heteroatoms. The first-order chi connectivity index (χ1) is 14.2. The topological polar surface area (TPSA) is 49.6 Å². The third-order valence-corrected chi connectivity index (χ3v) is 6.30. The smallest absolute Gasteiger partial charge is 0.250 e. The molecule has 1 aliphatic carbocycles. The average molecular weight is 393 g/mol. The molecule has 2 aromatic rings. The largest absolute Gasteiger partial charge is 0.357 e. The van der Waals surface area contributed by atoms with Crippen LogP contribution in [0.25, 0.3) is 0 Å². The first kappa shape index (κ1) is 19.7. The van der Waals surface area contributed by atoms with Gasteiger partial charge < -0.3 is 14.8 Å². The van der Waals surface area contributed by atoms with Crippen molar-refractivity contribution in [3.05, 3.63) is 70.1 Å². The van der Waals surface area contributed by atoms with E-state index in [2.05, 4.69) is 41.4 Å². The number of likely N-dealkylation sites (tertiary alicyclic amines) is 1. The number of rotatable bonds is 5. The van der Waals surface area contributed by atoms with Gasteiger partial charge in [-0.1, -0.05) is 43.2 Å². The van der Waals surface area contributed by atoms with Gasteiger partial charge in [-0.05, 0) is 48.8 Å². The Bertz CT molecular complexity index is 872. The number of nitrogens with zero attached hydrogens (tertiary/aromatic N) is 3. The maximum absolute atomic E-state index is 11.9. The predicted octanol–water partition coefficient (Wildman–Crippen LogP) is 3.48. The summed E-state index contributed by atoms with van der Waals surface area (Å²) >= 11 is 0. The first-order valence-corrected chi connectivity index (χ1v) is 11.0. The fourth-order valence-electron chi connectivity index (χ4n) is 4.71. The molecule has 2 atom stereocenters. The summed E-state index contributed by atoms with van der Waals surface area (Å²) in [6.45, 7) is 6.62. The van der Waals surface area contributed by atoms with E-state index in [1.807, 2.05) is 12.3 Å². The van der Waals surface area contributed by atoms with Crippen LogP contribution in [0.3, 0.4) is 0 Å². The van der Waals surface area contributed by atoms with Gasteiger partial charge in [-0.25, -0.2) is 4.99 Å². The molecule has 29 heavy (non-hydrogen) atoms. The van der Waals surface area contributed by atoms with Crippen LogP contribution < -0.4 is 10.9 Å². The molecule has 1 aromatic heterocycles. The van der Waals surface area contributed by atoms with Crippen LogP contribution in [0.1, 0.15) is 43.7 Å². The second-order valence-electron chi connectivity index (χ2n) is 8.36. The first-order valence-electron chi connectivity index (χ1n) is 11.0. The average Bonchev–Trinajstić information content (AvgIpc) is 3.18. The molecule has 2 aliphatic rings. The molecule has 0 amide bonds. The zero-order chi connectivity index (χ0) is 20.1. The molecule has 0 radical (unpaired) electrons. The Balaban J connectivity index is 1.40. The van der Waals surface area contributed by atoms with Crippen LogP contribution in [0.4, 0.5) is 0 Å². The summed E-state index contributed by atoms with van der Waals surface area (Å²) in [5, 5.41) is 3.49. The van der Waals surface area contributed by atoms with Gasteiger partial charge in [0.15, 0.2) is 5.96 Å². The van der Waals surface area contributed by atoms with Crippen molar-refractivity contribution in [2.24, 2.45) is 16.8 Å². The van der Waals surface area contributed by atoms with Gasteiger partial charge in [-0.15, -0.1) is 0 Å². The second-order valence-corrected chi connectivity index (χ2v) is 8.36. The molecule has 5 nitrogen and oxygen atoms in total. The van der Waals surface area contributed by atoms with Crippen LogP contribution in [0.15, 0.2) is 58.4 Å². The van der Waals surface area contributed by atoms with Crippen LogP contribution in [0.5, 0.6) is 0 Å². The van der Waals surface area contributed by atoms with Gasteiger partial charge in [-0.2, -0.15) is 0 Å². The summed E-state index contributed by atoms with van der Waals surface area (Å²) in [5.41, 5.74) is 2.35. The van der Waals surface area contributed by atoms with Crippen LogP contribution in [-0.4, -0.2) is 35.1 Å². The van der Waals surface area contributed by atoms with Gasteiger partial charge in [0.05, 0.1) is 13.1 Å². The van der Waals surface area contributed by atoms with E-state index in [0.717, 1.165) is 43.0 Å². The summed E-state index contributed by atoms with van der Waals surface area (Å²) in [6, 6.07) is 13.7. The monoisotopic (exact) mass is 392 g/mol. The molecule has 1 aliphatic heterocycles. The van der Waals surface area contributed by atoms with E-state index >= 15 is 0 Å². The molecule has 0 spiro atoms. The Morgan fingerprint density at radius 2 is 1.72 bits per heavy atom. The Labute approximate surface area is 173 Å². The Morgan fingerprint density at radius 3 is 2.38 bits per heavy atom. The molecule has 2 unspecified atom stereocenters. The van der Waals surface area contributed by atoms with E-state index in [1.165, 1.54) is 31.2 Å². The van der Waals surface area contributed by atoms with Crippen LogP contribution in [0, 0.1) is 11.8 Å². The lowest BCUT2D eigenvalue weighted by atomic mass is 9.82. The Morgan fingerprint density at radius 1 is 1.03 bits per heavy atom. The van der Waals surface area contributed by atoms with Crippen molar-refractivity contribution in [3.8, 4) is 0 Å². The molecule has 2 fully saturated rings. The quantitative estimate of drug-likeness (QED) is 0.626. The molecule has 0 bridgehead atoms. The van der Waals surface area contributed by atoms with Crippen molar-refractivity contribution in [1.29, 1.82) is 0 Å². The van der Waals surface area contributed by atoms with Gasteiger partial charge in [0.1, 0.15) is 0 Å². The third kappa shape index (κ3) is 4.89. The fourth-order valence-corrected chi connectivity index (χ4v) is 4.71. The highest BCUT2D eigenvalue weighted by atomic mass is 16.1. The van der Waals surface area contributed by atoms with Crippen molar-refractivity contribution >= 4 is 5.96 Å². The zero-order valence-electron chi connectivity index (χ0n) is 17.4. The minimum Gasteiger partial charge on any atom is -0.357 e. The summed E-state index contributed by atoms with van der Waals surface area (Å²) in [4.78, 5) is 19.3. The van der Waals surface area contributed by atoms with E-state index in [4.69, 9.17) is 4.99 Å². The van der Waals surface area contributed by atoms with Crippen LogP contribution in [0.2, 0.25) is 0 Å². The number of hydrogen-bond acceptors (Lipinski definition) is 2. The maximum atomic E-state index is 11.9. The highest BCUT2D eigenvalue weighted by molar-refractivity contribution is 5.80. The summed E-state index contributed by atoms with van der Waals surface area (Å²) < 4.78 is 1.73. The molecule has 2 heterocycles. The van der Waals surface area contributed by atoms with E-state index in [0.29, 0.717) is 13.1 Å². The maximum Gasteiger partial charge on any atom is 0.250 e. The SMILES string of the molecule is CCNC(=NCc1ccc(Cn2ccccc2=O)cc1)N1CC2CCCCC2C1. The van der Waals surface area contributed by atoms with E-state index in [9.17, 15) is 4.79 Å². The van der Waals surface area contributed by atoms with Crippen molar-refractivity contribution in [3.63, 3.8) is 0 Å².